The van der Waals surface area contributed by atoms with E-state index in [0.717, 1.165) is 12.8 Å². The fourth-order valence-corrected chi connectivity index (χ4v) is 2.43. The first-order valence-corrected chi connectivity index (χ1v) is 8.44. The van der Waals surface area contributed by atoms with Gasteiger partial charge in [0.1, 0.15) is 0 Å². The molecule has 1 unspecified atom stereocenters. The SMILES string of the molecule is C=C(C)C(=O)OCC(CCC)CCCCCCCCC. The monoisotopic (exact) mass is 282 g/mol. The Morgan fingerprint density at radius 3 is 2.10 bits per heavy atom. The summed E-state index contributed by atoms with van der Waals surface area (Å²) in [5.41, 5.74) is 0.496. The summed E-state index contributed by atoms with van der Waals surface area (Å²) in [5, 5.41) is 0. The van der Waals surface area contributed by atoms with Crippen molar-refractivity contribution in [2.24, 2.45) is 5.92 Å². The maximum atomic E-state index is 11.4. The predicted molar refractivity (Wildman–Crippen MR) is 86.8 cm³/mol. The fraction of sp³-hybridized carbons (Fsp3) is 0.833. The van der Waals surface area contributed by atoms with E-state index in [2.05, 4.69) is 20.4 Å². The van der Waals surface area contributed by atoms with Crippen LogP contribution in [0.25, 0.3) is 0 Å². The Morgan fingerprint density at radius 1 is 0.950 bits per heavy atom. The Labute approximate surface area is 126 Å². The fourth-order valence-electron chi connectivity index (χ4n) is 2.43. The normalized spacial score (nSPS) is 12.2. The molecule has 20 heavy (non-hydrogen) atoms. The van der Waals surface area contributed by atoms with Crippen LogP contribution in [0.4, 0.5) is 0 Å². The van der Waals surface area contributed by atoms with E-state index in [1.165, 1.54) is 51.4 Å². The molecule has 0 aliphatic carbocycles. The number of carbonyl (C=O) groups excluding carboxylic acids is 1. The summed E-state index contributed by atoms with van der Waals surface area (Å²) in [7, 11) is 0. The number of esters is 1. The van der Waals surface area contributed by atoms with Crippen LogP contribution in [0.5, 0.6) is 0 Å². The van der Waals surface area contributed by atoms with Crippen molar-refractivity contribution in [3.05, 3.63) is 12.2 Å². The van der Waals surface area contributed by atoms with Gasteiger partial charge in [0.05, 0.1) is 6.61 Å². The minimum Gasteiger partial charge on any atom is -0.462 e. The molecule has 0 spiro atoms. The van der Waals surface area contributed by atoms with Crippen LogP contribution >= 0.6 is 0 Å². The number of ether oxygens (including phenoxy) is 1. The zero-order chi connectivity index (χ0) is 15.2. The third-order valence-electron chi connectivity index (χ3n) is 3.71. The highest BCUT2D eigenvalue weighted by atomic mass is 16.5. The van der Waals surface area contributed by atoms with Crippen molar-refractivity contribution in [3.8, 4) is 0 Å². The van der Waals surface area contributed by atoms with Gasteiger partial charge in [0.15, 0.2) is 0 Å². The zero-order valence-electron chi connectivity index (χ0n) is 13.9. The molecule has 0 aromatic heterocycles. The van der Waals surface area contributed by atoms with Gasteiger partial charge in [-0.05, 0) is 25.7 Å². The van der Waals surface area contributed by atoms with Gasteiger partial charge in [0.25, 0.3) is 0 Å². The Bertz CT molecular complexity index is 258. The molecule has 0 rings (SSSR count). The highest BCUT2D eigenvalue weighted by Gasteiger charge is 2.11. The Balaban J connectivity index is 3.69. The van der Waals surface area contributed by atoms with Crippen molar-refractivity contribution < 1.29 is 9.53 Å². The smallest absolute Gasteiger partial charge is 0.333 e. The van der Waals surface area contributed by atoms with Gasteiger partial charge in [-0.2, -0.15) is 0 Å². The number of carbonyl (C=O) groups is 1. The largest absolute Gasteiger partial charge is 0.462 e. The van der Waals surface area contributed by atoms with Gasteiger partial charge in [-0.1, -0.05) is 71.8 Å². The predicted octanol–water partition coefficient (Wildman–Crippen LogP) is 5.66. The summed E-state index contributed by atoms with van der Waals surface area (Å²) in [4.78, 5) is 11.4. The van der Waals surface area contributed by atoms with Crippen LogP contribution in [-0.4, -0.2) is 12.6 Å². The lowest BCUT2D eigenvalue weighted by molar-refractivity contribution is -0.140. The van der Waals surface area contributed by atoms with E-state index in [9.17, 15) is 4.79 Å². The summed E-state index contributed by atoms with van der Waals surface area (Å²) in [6, 6.07) is 0. The molecule has 0 aromatic rings. The van der Waals surface area contributed by atoms with Crippen LogP contribution in [0.3, 0.4) is 0 Å². The lowest BCUT2D eigenvalue weighted by Crippen LogP contribution is -2.14. The Kier molecular flexibility index (Phi) is 12.7. The first-order chi connectivity index (χ1) is 9.61. The summed E-state index contributed by atoms with van der Waals surface area (Å²) >= 11 is 0. The summed E-state index contributed by atoms with van der Waals surface area (Å²) in [5.74, 6) is 0.282. The second-order valence-corrected chi connectivity index (χ2v) is 5.94. The molecule has 0 bridgehead atoms. The quantitative estimate of drug-likeness (QED) is 0.247. The number of hydrogen-bond donors (Lipinski definition) is 0. The minimum absolute atomic E-state index is 0.245. The van der Waals surface area contributed by atoms with Crippen LogP contribution in [-0.2, 0) is 9.53 Å². The molecule has 0 saturated heterocycles. The molecule has 0 radical (unpaired) electrons. The lowest BCUT2D eigenvalue weighted by atomic mass is 9.96. The molecule has 0 aliphatic heterocycles. The van der Waals surface area contributed by atoms with E-state index in [-0.39, 0.29) is 5.97 Å². The van der Waals surface area contributed by atoms with Crippen molar-refractivity contribution >= 4 is 5.97 Å². The maximum Gasteiger partial charge on any atom is 0.333 e. The van der Waals surface area contributed by atoms with Gasteiger partial charge in [-0.15, -0.1) is 0 Å². The van der Waals surface area contributed by atoms with E-state index in [0.29, 0.717) is 18.1 Å². The molecule has 0 N–H and O–H groups in total. The molecule has 1 atom stereocenters. The average Bonchev–Trinajstić information content (AvgIpc) is 2.43. The van der Waals surface area contributed by atoms with Gasteiger partial charge in [-0.3, -0.25) is 0 Å². The topological polar surface area (TPSA) is 26.3 Å². The lowest BCUT2D eigenvalue weighted by Gasteiger charge is -2.16. The zero-order valence-corrected chi connectivity index (χ0v) is 13.9. The third-order valence-corrected chi connectivity index (χ3v) is 3.71. The molecule has 118 valence electrons. The molecule has 2 nitrogen and oxygen atoms in total. The van der Waals surface area contributed by atoms with E-state index in [1.54, 1.807) is 6.92 Å². The summed E-state index contributed by atoms with van der Waals surface area (Å²) in [6.45, 7) is 10.3. The van der Waals surface area contributed by atoms with E-state index >= 15 is 0 Å². The Morgan fingerprint density at radius 2 is 1.55 bits per heavy atom. The van der Waals surface area contributed by atoms with Crippen LogP contribution in [0.1, 0.15) is 85.0 Å². The van der Waals surface area contributed by atoms with E-state index in [1.807, 2.05) is 0 Å². The third kappa shape index (κ3) is 11.1. The molecule has 2 heteroatoms. The van der Waals surface area contributed by atoms with Crippen LogP contribution in [0.15, 0.2) is 12.2 Å². The van der Waals surface area contributed by atoms with Crippen LogP contribution < -0.4 is 0 Å². The molecule has 0 amide bonds. The average molecular weight is 282 g/mol. The number of hydrogen-bond acceptors (Lipinski definition) is 2. The van der Waals surface area contributed by atoms with Gasteiger partial charge in [0, 0.05) is 5.57 Å². The molecular formula is C18H34O2. The van der Waals surface area contributed by atoms with Crippen molar-refractivity contribution in [3.63, 3.8) is 0 Å². The van der Waals surface area contributed by atoms with Gasteiger partial charge in [0.2, 0.25) is 0 Å². The van der Waals surface area contributed by atoms with Crippen molar-refractivity contribution in [1.29, 1.82) is 0 Å². The Hall–Kier alpha value is -0.790. The standard InChI is InChI=1S/C18H34O2/c1-5-7-8-9-10-11-12-14-17(13-6-2)15-20-18(19)16(3)4/h17H,3,5-15H2,1-2,4H3. The summed E-state index contributed by atoms with van der Waals surface area (Å²) in [6.07, 6.45) is 12.9. The molecule has 0 aliphatic rings. The molecule has 0 saturated carbocycles. The van der Waals surface area contributed by atoms with Gasteiger partial charge < -0.3 is 4.74 Å². The first-order valence-electron chi connectivity index (χ1n) is 8.44. The van der Waals surface area contributed by atoms with Crippen LogP contribution in [0, 0.1) is 5.92 Å². The molecular weight excluding hydrogens is 248 g/mol. The van der Waals surface area contributed by atoms with Gasteiger partial charge in [-0.25, -0.2) is 4.79 Å². The highest BCUT2D eigenvalue weighted by molar-refractivity contribution is 5.86. The second-order valence-electron chi connectivity index (χ2n) is 5.94. The maximum absolute atomic E-state index is 11.4. The van der Waals surface area contributed by atoms with Crippen molar-refractivity contribution in [1.82, 2.24) is 0 Å². The number of unbranched alkanes of at least 4 members (excludes halogenated alkanes) is 6. The molecule has 0 fully saturated rings. The van der Waals surface area contributed by atoms with E-state index < -0.39 is 0 Å². The highest BCUT2D eigenvalue weighted by Crippen LogP contribution is 2.18. The van der Waals surface area contributed by atoms with Crippen molar-refractivity contribution in [2.45, 2.75) is 85.0 Å². The van der Waals surface area contributed by atoms with Gasteiger partial charge >= 0.3 is 5.97 Å². The minimum atomic E-state index is -0.245. The summed E-state index contributed by atoms with van der Waals surface area (Å²) < 4.78 is 5.29. The number of rotatable bonds is 13. The van der Waals surface area contributed by atoms with Crippen molar-refractivity contribution in [2.75, 3.05) is 6.61 Å². The molecule has 0 aromatic carbocycles. The second kappa shape index (κ2) is 13.2. The van der Waals surface area contributed by atoms with E-state index in [4.69, 9.17) is 4.74 Å². The first kappa shape index (κ1) is 19.2. The van der Waals surface area contributed by atoms with Crippen LogP contribution in [0.2, 0.25) is 0 Å². The molecule has 0 heterocycles.